The van der Waals surface area contributed by atoms with Crippen molar-refractivity contribution in [3.05, 3.63) is 48.0 Å². The quantitative estimate of drug-likeness (QED) is 0.724. The highest BCUT2D eigenvalue weighted by atomic mass is 16.2. The molecule has 2 aliphatic heterocycles. The minimum atomic E-state index is -0.208. The van der Waals surface area contributed by atoms with E-state index in [1.54, 1.807) is 19.3 Å². The van der Waals surface area contributed by atoms with Crippen LogP contribution in [-0.4, -0.2) is 58.8 Å². The van der Waals surface area contributed by atoms with Crippen LogP contribution in [-0.2, 0) is 9.59 Å². The number of likely N-dealkylation sites (tertiary alicyclic amines) is 1. The van der Waals surface area contributed by atoms with Crippen LogP contribution in [0.2, 0.25) is 0 Å². The summed E-state index contributed by atoms with van der Waals surface area (Å²) in [7, 11) is 1.58. The number of hydrogen-bond acceptors (Lipinski definition) is 5. The maximum absolute atomic E-state index is 12.5. The first-order chi connectivity index (χ1) is 15.5. The van der Waals surface area contributed by atoms with Crippen LogP contribution in [0.3, 0.4) is 0 Å². The van der Waals surface area contributed by atoms with Gasteiger partial charge in [-0.2, -0.15) is 0 Å². The molecule has 0 aromatic carbocycles. The molecule has 0 bridgehead atoms. The lowest BCUT2D eigenvalue weighted by Crippen LogP contribution is -2.38. The molecule has 2 aliphatic rings. The fourth-order valence-electron chi connectivity index (χ4n) is 4.42. The van der Waals surface area contributed by atoms with Crippen LogP contribution in [0, 0.1) is 0 Å². The molecule has 0 radical (unpaired) electrons. The predicted molar refractivity (Wildman–Crippen MR) is 120 cm³/mol. The van der Waals surface area contributed by atoms with Gasteiger partial charge < -0.3 is 15.5 Å². The molecule has 0 saturated carbocycles. The van der Waals surface area contributed by atoms with Crippen LogP contribution in [0.5, 0.6) is 0 Å². The molecule has 2 saturated heterocycles. The fraction of sp³-hybridized carbons (Fsp3) is 0.458. The van der Waals surface area contributed by atoms with Gasteiger partial charge in [-0.3, -0.25) is 24.4 Å². The number of piperidine rings is 1. The number of aromatic nitrogens is 2. The van der Waals surface area contributed by atoms with Crippen LogP contribution in [0.4, 0.5) is 0 Å². The Hall–Kier alpha value is -3.29. The third-order valence-corrected chi connectivity index (χ3v) is 6.40. The maximum atomic E-state index is 12.5. The highest BCUT2D eigenvalue weighted by molar-refractivity contribution is 5.92. The number of carbonyl (C=O) groups excluding carboxylic acids is 3. The highest BCUT2D eigenvalue weighted by Gasteiger charge is 2.26. The fourth-order valence-corrected chi connectivity index (χ4v) is 4.42. The average molecular weight is 436 g/mol. The predicted octanol–water partition coefficient (Wildman–Crippen LogP) is 2.27. The molecular weight excluding hydrogens is 406 g/mol. The van der Waals surface area contributed by atoms with Crippen molar-refractivity contribution >= 4 is 17.7 Å². The van der Waals surface area contributed by atoms with Crippen molar-refractivity contribution in [1.82, 2.24) is 25.5 Å². The molecule has 2 N–H and O–H groups in total. The zero-order valence-electron chi connectivity index (χ0n) is 18.3. The summed E-state index contributed by atoms with van der Waals surface area (Å²) in [6.45, 7) is 1.49. The average Bonchev–Trinajstić information content (AvgIpc) is 3.27. The van der Waals surface area contributed by atoms with Crippen LogP contribution in [0.25, 0.3) is 11.1 Å². The van der Waals surface area contributed by atoms with Gasteiger partial charge in [0.25, 0.3) is 5.91 Å². The van der Waals surface area contributed by atoms with Crippen LogP contribution < -0.4 is 10.6 Å². The molecule has 8 nitrogen and oxygen atoms in total. The van der Waals surface area contributed by atoms with Gasteiger partial charge in [-0.25, -0.2) is 0 Å². The number of carbonyl (C=O) groups is 3. The molecule has 2 aromatic rings. The van der Waals surface area contributed by atoms with E-state index in [4.69, 9.17) is 0 Å². The SMILES string of the molecule is CNC(=O)c1ccc(-c2ccc(C3CCN(C(=O)CC[C@@H]4CCC(=O)N4)CC3)nc2)cn1. The summed E-state index contributed by atoms with van der Waals surface area (Å²) in [5.41, 5.74) is 3.30. The van der Waals surface area contributed by atoms with E-state index in [-0.39, 0.29) is 23.8 Å². The van der Waals surface area contributed by atoms with Gasteiger partial charge in [-0.1, -0.05) is 12.1 Å². The van der Waals surface area contributed by atoms with Gasteiger partial charge in [0.05, 0.1) is 0 Å². The van der Waals surface area contributed by atoms with Crippen molar-refractivity contribution in [3.8, 4) is 11.1 Å². The zero-order valence-corrected chi connectivity index (χ0v) is 18.3. The second-order valence-electron chi connectivity index (χ2n) is 8.48. The van der Waals surface area contributed by atoms with E-state index in [1.807, 2.05) is 29.3 Å². The number of nitrogens with one attached hydrogen (secondary N) is 2. The van der Waals surface area contributed by atoms with Crippen molar-refractivity contribution in [2.45, 2.75) is 50.5 Å². The molecule has 0 spiro atoms. The first-order valence-corrected chi connectivity index (χ1v) is 11.2. The summed E-state index contributed by atoms with van der Waals surface area (Å²) in [4.78, 5) is 46.3. The van der Waals surface area contributed by atoms with Crippen LogP contribution in [0.1, 0.15) is 60.6 Å². The van der Waals surface area contributed by atoms with E-state index in [1.165, 1.54) is 0 Å². The molecule has 0 aliphatic carbocycles. The van der Waals surface area contributed by atoms with E-state index >= 15 is 0 Å². The Morgan fingerprint density at radius 3 is 2.34 bits per heavy atom. The molecule has 168 valence electrons. The third-order valence-electron chi connectivity index (χ3n) is 6.40. The maximum Gasteiger partial charge on any atom is 0.269 e. The molecule has 0 unspecified atom stereocenters. The van der Waals surface area contributed by atoms with E-state index in [0.29, 0.717) is 24.5 Å². The molecule has 2 aromatic heterocycles. The highest BCUT2D eigenvalue weighted by Crippen LogP contribution is 2.28. The minimum absolute atomic E-state index is 0.0963. The first kappa shape index (κ1) is 21.9. The Labute approximate surface area is 187 Å². The number of hydrogen-bond donors (Lipinski definition) is 2. The molecule has 8 heteroatoms. The van der Waals surface area contributed by atoms with E-state index in [0.717, 1.165) is 55.6 Å². The summed E-state index contributed by atoms with van der Waals surface area (Å²) in [6.07, 6.45) is 7.97. The normalized spacial score (nSPS) is 19.0. The standard InChI is InChI=1S/C24H29N5O3/c1-25-24(32)21-7-3-18(15-27-21)17-2-6-20(26-14-17)16-10-12-29(13-11-16)23(31)9-5-19-4-8-22(30)28-19/h2-3,6-7,14-16,19H,4-5,8-13H2,1H3,(H,25,32)(H,28,30)/t19-/m0/s1. The first-order valence-electron chi connectivity index (χ1n) is 11.2. The number of pyridine rings is 2. The Morgan fingerprint density at radius 1 is 1.06 bits per heavy atom. The third kappa shape index (κ3) is 5.12. The van der Waals surface area contributed by atoms with Crippen LogP contribution in [0.15, 0.2) is 36.7 Å². The van der Waals surface area contributed by atoms with Gasteiger partial charge in [0.2, 0.25) is 11.8 Å². The lowest BCUT2D eigenvalue weighted by molar-refractivity contribution is -0.132. The van der Waals surface area contributed by atoms with E-state index < -0.39 is 0 Å². The molecule has 4 rings (SSSR count). The number of rotatable bonds is 6. The van der Waals surface area contributed by atoms with Gasteiger partial charge in [-0.15, -0.1) is 0 Å². The molecule has 1 atom stereocenters. The second-order valence-corrected chi connectivity index (χ2v) is 8.48. The van der Waals surface area contributed by atoms with Gasteiger partial charge in [0, 0.05) is 74.2 Å². The van der Waals surface area contributed by atoms with Gasteiger partial charge in [0.15, 0.2) is 0 Å². The number of amides is 3. The van der Waals surface area contributed by atoms with Crippen molar-refractivity contribution < 1.29 is 14.4 Å². The van der Waals surface area contributed by atoms with E-state index in [9.17, 15) is 14.4 Å². The number of nitrogens with zero attached hydrogens (tertiary/aromatic N) is 3. The zero-order chi connectivity index (χ0) is 22.5. The molecule has 32 heavy (non-hydrogen) atoms. The summed E-state index contributed by atoms with van der Waals surface area (Å²) in [6, 6.07) is 7.81. The minimum Gasteiger partial charge on any atom is -0.354 e. The Balaban J connectivity index is 1.28. The van der Waals surface area contributed by atoms with Gasteiger partial charge >= 0.3 is 0 Å². The van der Waals surface area contributed by atoms with Crippen molar-refractivity contribution in [2.24, 2.45) is 0 Å². The molecule has 3 amide bonds. The summed E-state index contributed by atoms with van der Waals surface area (Å²) >= 11 is 0. The summed E-state index contributed by atoms with van der Waals surface area (Å²) in [5.74, 6) is 0.413. The second kappa shape index (κ2) is 9.89. The Morgan fingerprint density at radius 2 is 1.78 bits per heavy atom. The van der Waals surface area contributed by atoms with Crippen molar-refractivity contribution in [2.75, 3.05) is 20.1 Å². The van der Waals surface area contributed by atoms with Gasteiger partial charge in [0.1, 0.15) is 5.69 Å². The summed E-state index contributed by atoms with van der Waals surface area (Å²) in [5, 5.41) is 5.49. The van der Waals surface area contributed by atoms with Crippen molar-refractivity contribution in [3.63, 3.8) is 0 Å². The van der Waals surface area contributed by atoms with Gasteiger partial charge in [-0.05, 0) is 37.8 Å². The van der Waals surface area contributed by atoms with Crippen molar-refractivity contribution in [1.29, 1.82) is 0 Å². The lowest BCUT2D eigenvalue weighted by atomic mass is 9.92. The van der Waals surface area contributed by atoms with Crippen LogP contribution >= 0.6 is 0 Å². The topological polar surface area (TPSA) is 104 Å². The molecular formula is C24H29N5O3. The summed E-state index contributed by atoms with van der Waals surface area (Å²) < 4.78 is 0. The Bertz CT molecular complexity index is 966. The smallest absolute Gasteiger partial charge is 0.269 e. The largest absolute Gasteiger partial charge is 0.354 e. The van der Waals surface area contributed by atoms with E-state index in [2.05, 4.69) is 20.6 Å². The molecule has 4 heterocycles. The Kier molecular flexibility index (Phi) is 6.78. The molecule has 2 fully saturated rings. The lowest BCUT2D eigenvalue weighted by Gasteiger charge is -2.32. The monoisotopic (exact) mass is 435 g/mol.